The quantitative estimate of drug-likeness (QED) is 0.875. The summed E-state index contributed by atoms with van der Waals surface area (Å²) in [7, 11) is 0. The number of nitrogens with two attached hydrogens (primary N) is 1. The molecular weight excluding hydrogens is 282 g/mol. The molecule has 3 rings (SSSR count). The van der Waals surface area contributed by atoms with Crippen LogP contribution in [0.2, 0.25) is 5.28 Å². The van der Waals surface area contributed by atoms with Gasteiger partial charge in [0.2, 0.25) is 18.0 Å². The maximum Gasteiger partial charge on any atom is 0.242 e. The van der Waals surface area contributed by atoms with E-state index < -0.39 is 0 Å². The number of halogens is 1. The van der Waals surface area contributed by atoms with Crippen molar-refractivity contribution in [2.24, 2.45) is 0 Å². The Morgan fingerprint density at radius 1 is 1.30 bits per heavy atom. The van der Waals surface area contributed by atoms with Crippen molar-refractivity contribution in [3.63, 3.8) is 0 Å². The van der Waals surface area contributed by atoms with Crippen LogP contribution < -0.4 is 19.9 Å². The Hall–Kier alpha value is -2.21. The van der Waals surface area contributed by atoms with Crippen molar-refractivity contribution in [2.75, 3.05) is 12.5 Å². The van der Waals surface area contributed by atoms with Gasteiger partial charge in [0.05, 0.1) is 5.69 Å². The van der Waals surface area contributed by atoms with Gasteiger partial charge in [-0.2, -0.15) is 4.98 Å². The molecule has 1 aromatic carbocycles. The zero-order chi connectivity index (χ0) is 14.1. The number of nitrogens with zero attached hydrogens (tertiary/aromatic N) is 2. The second-order valence-corrected chi connectivity index (χ2v) is 4.61. The van der Waals surface area contributed by atoms with Crippen LogP contribution in [0.3, 0.4) is 0 Å². The molecule has 0 amide bonds. The molecule has 1 aliphatic rings. The first-order valence-corrected chi connectivity index (χ1v) is 6.32. The number of hydrogen-bond acceptors (Lipinski definition) is 6. The molecule has 1 aliphatic heterocycles. The van der Waals surface area contributed by atoms with Crippen molar-refractivity contribution < 1.29 is 14.2 Å². The molecule has 0 atom stereocenters. The van der Waals surface area contributed by atoms with Gasteiger partial charge in [-0.05, 0) is 36.2 Å². The lowest BCUT2D eigenvalue weighted by Crippen LogP contribution is -2.04. The molecule has 104 valence electrons. The molecule has 1 aromatic heterocycles. The van der Waals surface area contributed by atoms with E-state index in [0.29, 0.717) is 23.7 Å². The van der Waals surface area contributed by atoms with Crippen LogP contribution in [-0.2, 0) is 6.61 Å². The number of aromatic nitrogens is 2. The van der Waals surface area contributed by atoms with Gasteiger partial charge in [-0.3, -0.25) is 0 Å². The van der Waals surface area contributed by atoms with Crippen LogP contribution in [0, 0.1) is 6.92 Å². The molecule has 6 nitrogen and oxygen atoms in total. The van der Waals surface area contributed by atoms with Gasteiger partial charge < -0.3 is 19.9 Å². The molecule has 2 N–H and O–H groups in total. The van der Waals surface area contributed by atoms with Crippen LogP contribution in [-0.4, -0.2) is 16.8 Å². The third-order valence-corrected chi connectivity index (χ3v) is 3.06. The largest absolute Gasteiger partial charge is 0.471 e. The van der Waals surface area contributed by atoms with Gasteiger partial charge in [-0.25, -0.2) is 4.98 Å². The molecule has 0 bridgehead atoms. The number of benzene rings is 1. The Bertz CT molecular complexity index is 664. The molecule has 0 radical (unpaired) electrons. The van der Waals surface area contributed by atoms with Crippen molar-refractivity contribution >= 4 is 17.3 Å². The molecule has 0 aliphatic carbocycles. The normalized spacial score (nSPS) is 12.5. The third kappa shape index (κ3) is 2.42. The van der Waals surface area contributed by atoms with Crippen LogP contribution in [0.1, 0.15) is 11.3 Å². The van der Waals surface area contributed by atoms with E-state index in [-0.39, 0.29) is 18.0 Å². The Labute approximate surface area is 120 Å². The summed E-state index contributed by atoms with van der Waals surface area (Å²) in [5.41, 5.74) is 7.74. The highest BCUT2D eigenvalue weighted by Gasteiger charge is 2.14. The van der Waals surface area contributed by atoms with Crippen LogP contribution in [0.4, 0.5) is 5.69 Å². The fourth-order valence-electron chi connectivity index (χ4n) is 1.81. The minimum Gasteiger partial charge on any atom is -0.471 e. The maximum atomic E-state index is 5.85. The smallest absolute Gasteiger partial charge is 0.242 e. The van der Waals surface area contributed by atoms with Crippen LogP contribution in [0.25, 0.3) is 0 Å². The number of nitrogen functional groups attached to an aromatic ring is 1. The summed E-state index contributed by atoms with van der Waals surface area (Å²) in [5.74, 6) is 1.71. The Morgan fingerprint density at radius 2 is 2.10 bits per heavy atom. The molecule has 2 aromatic rings. The highest BCUT2D eigenvalue weighted by atomic mass is 35.5. The van der Waals surface area contributed by atoms with Gasteiger partial charge in [0, 0.05) is 0 Å². The van der Waals surface area contributed by atoms with Gasteiger partial charge in [-0.15, -0.1) is 0 Å². The van der Waals surface area contributed by atoms with Gasteiger partial charge in [-0.1, -0.05) is 6.07 Å². The first-order valence-electron chi connectivity index (χ1n) is 5.94. The van der Waals surface area contributed by atoms with Crippen molar-refractivity contribution in [1.29, 1.82) is 0 Å². The lowest BCUT2D eigenvalue weighted by atomic mass is 10.2. The monoisotopic (exact) mass is 293 g/mol. The first-order chi connectivity index (χ1) is 9.63. The standard InChI is InChI=1S/C13H12ClN3O3/c1-7-11(15)12(17-13(14)16-7)18-5-8-2-3-9-10(4-8)20-6-19-9/h2-4H,5-6,15H2,1H3. The van der Waals surface area contributed by atoms with E-state index in [0.717, 1.165) is 11.3 Å². The molecular formula is C13H12ClN3O3. The predicted molar refractivity (Wildman–Crippen MR) is 73.1 cm³/mol. The van der Waals surface area contributed by atoms with Gasteiger partial charge in [0.1, 0.15) is 12.3 Å². The average Bonchev–Trinajstić information content (AvgIpc) is 2.88. The van der Waals surface area contributed by atoms with E-state index in [4.69, 9.17) is 31.5 Å². The second-order valence-electron chi connectivity index (χ2n) is 4.27. The fraction of sp³-hybridized carbons (Fsp3) is 0.231. The summed E-state index contributed by atoms with van der Waals surface area (Å²) in [5, 5.41) is 0.109. The number of anilines is 1. The van der Waals surface area contributed by atoms with Crippen LogP contribution >= 0.6 is 11.6 Å². The fourth-order valence-corrected chi connectivity index (χ4v) is 2.02. The third-order valence-electron chi connectivity index (χ3n) is 2.89. The van der Waals surface area contributed by atoms with E-state index in [1.165, 1.54) is 0 Å². The lowest BCUT2D eigenvalue weighted by Gasteiger charge is -2.09. The Morgan fingerprint density at radius 3 is 2.95 bits per heavy atom. The maximum absolute atomic E-state index is 5.85. The molecule has 0 saturated heterocycles. The summed E-state index contributed by atoms with van der Waals surface area (Å²) < 4.78 is 16.1. The van der Waals surface area contributed by atoms with E-state index in [9.17, 15) is 0 Å². The average molecular weight is 294 g/mol. The molecule has 20 heavy (non-hydrogen) atoms. The highest BCUT2D eigenvalue weighted by molar-refractivity contribution is 6.28. The van der Waals surface area contributed by atoms with Gasteiger partial charge in [0.15, 0.2) is 11.5 Å². The van der Waals surface area contributed by atoms with Crippen molar-refractivity contribution in [3.8, 4) is 17.4 Å². The van der Waals surface area contributed by atoms with E-state index in [1.807, 2.05) is 18.2 Å². The SMILES string of the molecule is Cc1nc(Cl)nc(OCc2ccc3c(c2)OCO3)c1N. The van der Waals surface area contributed by atoms with Gasteiger partial charge in [0.25, 0.3) is 0 Å². The highest BCUT2D eigenvalue weighted by Crippen LogP contribution is 2.33. The lowest BCUT2D eigenvalue weighted by molar-refractivity contribution is 0.174. The van der Waals surface area contributed by atoms with E-state index >= 15 is 0 Å². The van der Waals surface area contributed by atoms with Crippen molar-refractivity contribution in [3.05, 3.63) is 34.7 Å². The minimum absolute atomic E-state index is 0.109. The Kier molecular flexibility index (Phi) is 3.23. The van der Waals surface area contributed by atoms with E-state index in [2.05, 4.69) is 9.97 Å². The summed E-state index contributed by atoms with van der Waals surface area (Å²) in [6.45, 7) is 2.29. The molecule has 2 heterocycles. The molecule has 0 saturated carbocycles. The number of rotatable bonds is 3. The number of fused-ring (bicyclic) bond motifs is 1. The Balaban J connectivity index is 1.77. The number of hydrogen-bond donors (Lipinski definition) is 1. The summed E-state index contributed by atoms with van der Waals surface area (Å²) in [4.78, 5) is 7.92. The molecule has 7 heteroatoms. The zero-order valence-electron chi connectivity index (χ0n) is 10.7. The molecule has 0 unspecified atom stereocenters. The van der Waals surface area contributed by atoms with Gasteiger partial charge >= 0.3 is 0 Å². The second kappa shape index (κ2) is 5.05. The van der Waals surface area contributed by atoms with Crippen LogP contribution in [0.5, 0.6) is 17.4 Å². The number of aryl methyl sites for hydroxylation is 1. The zero-order valence-corrected chi connectivity index (χ0v) is 11.5. The summed E-state index contributed by atoms with van der Waals surface area (Å²) >= 11 is 5.79. The summed E-state index contributed by atoms with van der Waals surface area (Å²) in [6, 6.07) is 5.58. The molecule has 0 spiro atoms. The van der Waals surface area contributed by atoms with Crippen LogP contribution in [0.15, 0.2) is 18.2 Å². The van der Waals surface area contributed by atoms with Crippen molar-refractivity contribution in [1.82, 2.24) is 9.97 Å². The first kappa shape index (κ1) is 12.8. The summed E-state index contributed by atoms with van der Waals surface area (Å²) in [6.07, 6.45) is 0. The molecule has 0 fully saturated rings. The number of ether oxygens (including phenoxy) is 3. The van der Waals surface area contributed by atoms with Crippen molar-refractivity contribution in [2.45, 2.75) is 13.5 Å². The predicted octanol–water partition coefficient (Wildman–Crippen LogP) is 2.33. The minimum atomic E-state index is 0.109. The topological polar surface area (TPSA) is 79.5 Å². The van der Waals surface area contributed by atoms with E-state index in [1.54, 1.807) is 6.92 Å².